The molecule has 0 saturated carbocycles. The van der Waals surface area contributed by atoms with E-state index >= 15 is 0 Å². The lowest BCUT2D eigenvalue weighted by atomic mass is 10.0. The Labute approximate surface area is 137 Å². The van der Waals surface area contributed by atoms with Gasteiger partial charge in [0.15, 0.2) is 0 Å². The second kappa shape index (κ2) is 15.3. The van der Waals surface area contributed by atoms with Crippen molar-refractivity contribution in [3.05, 3.63) is 23.8 Å². The summed E-state index contributed by atoms with van der Waals surface area (Å²) in [5, 5.41) is 18.4. The summed E-state index contributed by atoms with van der Waals surface area (Å²) in [6.07, 6.45) is 17.8. The van der Waals surface area contributed by atoms with Gasteiger partial charge in [-0.1, -0.05) is 69.2 Å². The molecule has 3 heteroatoms. The maximum atomic E-state index is 9.56. The number of aliphatic hydroxyl groups is 2. The Balaban J connectivity index is 3.58. The van der Waals surface area contributed by atoms with Gasteiger partial charge in [0.2, 0.25) is 0 Å². The fraction of sp³-hybridized carbons (Fsp3) is 0.789. The highest BCUT2D eigenvalue weighted by atomic mass is 16.3. The van der Waals surface area contributed by atoms with Gasteiger partial charge in [-0.25, -0.2) is 0 Å². The minimum absolute atomic E-state index is 0.192. The van der Waals surface area contributed by atoms with E-state index in [1.54, 1.807) is 6.08 Å². The van der Waals surface area contributed by atoms with Gasteiger partial charge in [0.25, 0.3) is 0 Å². The molecule has 0 saturated heterocycles. The standard InChI is InChI=1S/C19H37NO2/c1-3-4-5-6-7-8-10-13-17(2)14-11-9-12-15-19(22)18(20)16-21/h12,14-15,18-19,21-22H,3-11,13,16,20H2,1-2H3/t18-,19+/m1/s1. The van der Waals surface area contributed by atoms with Crippen molar-refractivity contribution in [2.24, 2.45) is 5.73 Å². The third-order valence-electron chi connectivity index (χ3n) is 3.98. The smallest absolute Gasteiger partial charge is 0.0894 e. The van der Waals surface area contributed by atoms with E-state index in [0.717, 1.165) is 12.8 Å². The van der Waals surface area contributed by atoms with Crippen molar-refractivity contribution in [2.75, 3.05) is 6.61 Å². The molecule has 2 atom stereocenters. The van der Waals surface area contributed by atoms with E-state index < -0.39 is 12.1 Å². The van der Waals surface area contributed by atoms with Crippen LogP contribution in [0.25, 0.3) is 0 Å². The van der Waals surface area contributed by atoms with E-state index in [4.69, 9.17) is 10.8 Å². The lowest BCUT2D eigenvalue weighted by Crippen LogP contribution is -2.36. The molecule has 3 nitrogen and oxygen atoms in total. The second-order valence-electron chi connectivity index (χ2n) is 6.26. The summed E-state index contributed by atoms with van der Waals surface area (Å²) in [5.41, 5.74) is 6.99. The van der Waals surface area contributed by atoms with Crippen molar-refractivity contribution >= 4 is 0 Å². The average molecular weight is 312 g/mol. The molecule has 0 aromatic rings. The zero-order valence-corrected chi connectivity index (χ0v) is 14.6. The van der Waals surface area contributed by atoms with Crippen LogP contribution in [0.4, 0.5) is 0 Å². The summed E-state index contributed by atoms with van der Waals surface area (Å²) in [4.78, 5) is 0. The van der Waals surface area contributed by atoms with E-state index in [0.29, 0.717) is 0 Å². The van der Waals surface area contributed by atoms with Crippen molar-refractivity contribution < 1.29 is 10.2 Å². The first-order valence-corrected chi connectivity index (χ1v) is 8.98. The van der Waals surface area contributed by atoms with Gasteiger partial charge in [0.1, 0.15) is 0 Å². The summed E-state index contributed by atoms with van der Waals surface area (Å²) in [5.74, 6) is 0. The number of allylic oxidation sites excluding steroid dienone is 3. The molecule has 0 amide bonds. The van der Waals surface area contributed by atoms with Gasteiger partial charge in [-0.2, -0.15) is 0 Å². The van der Waals surface area contributed by atoms with Crippen LogP contribution in [0.1, 0.15) is 78.1 Å². The van der Waals surface area contributed by atoms with E-state index in [-0.39, 0.29) is 6.61 Å². The Morgan fingerprint density at radius 2 is 1.68 bits per heavy atom. The third-order valence-corrected chi connectivity index (χ3v) is 3.98. The Bertz CT molecular complexity index is 300. The topological polar surface area (TPSA) is 66.5 Å². The molecule has 0 aliphatic rings. The Morgan fingerprint density at radius 3 is 2.32 bits per heavy atom. The van der Waals surface area contributed by atoms with E-state index in [2.05, 4.69) is 19.9 Å². The second-order valence-corrected chi connectivity index (χ2v) is 6.26. The van der Waals surface area contributed by atoms with Crippen LogP contribution in [0.3, 0.4) is 0 Å². The summed E-state index contributed by atoms with van der Waals surface area (Å²) >= 11 is 0. The summed E-state index contributed by atoms with van der Waals surface area (Å²) < 4.78 is 0. The first kappa shape index (κ1) is 21.4. The molecular formula is C19H37NO2. The van der Waals surface area contributed by atoms with Crippen molar-refractivity contribution in [1.29, 1.82) is 0 Å². The highest BCUT2D eigenvalue weighted by Gasteiger charge is 2.08. The monoisotopic (exact) mass is 311 g/mol. The lowest BCUT2D eigenvalue weighted by molar-refractivity contribution is 0.144. The predicted molar refractivity (Wildman–Crippen MR) is 95.8 cm³/mol. The minimum atomic E-state index is -0.747. The van der Waals surface area contributed by atoms with E-state index in [1.807, 2.05) is 6.08 Å². The zero-order valence-electron chi connectivity index (χ0n) is 14.6. The van der Waals surface area contributed by atoms with Gasteiger partial charge in [-0.3, -0.25) is 0 Å². The Hall–Kier alpha value is -0.640. The first-order valence-electron chi connectivity index (χ1n) is 8.98. The molecule has 0 spiro atoms. The molecule has 0 aliphatic carbocycles. The molecule has 130 valence electrons. The van der Waals surface area contributed by atoms with E-state index in [9.17, 15) is 5.11 Å². The minimum Gasteiger partial charge on any atom is -0.395 e. The van der Waals surface area contributed by atoms with Gasteiger partial charge in [0, 0.05) is 0 Å². The molecule has 0 fully saturated rings. The SMILES string of the molecule is CCCCCCCCCC(C)=CCCC=C[C@H](O)[C@H](N)CO. The zero-order chi connectivity index (χ0) is 16.6. The Kier molecular flexibility index (Phi) is 14.8. The van der Waals surface area contributed by atoms with Gasteiger partial charge >= 0.3 is 0 Å². The van der Waals surface area contributed by atoms with Crippen LogP contribution in [-0.2, 0) is 0 Å². The molecule has 0 rings (SSSR count). The fourth-order valence-electron chi connectivity index (χ4n) is 2.38. The summed E-state index contributed by atoms with van der Waals surface area (Å²) in [6.45, 7) is 4.27. The summed E-state index contributed by atoms with van der Waals surface area (Å²) in [7, 11) is 0. The number of unbranched alkanes of at least 4 members (excludes halogenated alkanes) is 7. The summed E-state index contributed by atoms with van der Waals surface area (Å²) in [6, 6.07) is -0.578. The number of aliphatic hydroxyl groups excluding tert-OH is 2. The number of hydrogen-bond donors (Lipinski definition) is 3. The van der Waals surface area contributed by atoms with Crippen LogP contribution in [0.5, 0.6) is 0 Å². The molecule has 0 aliphatic heterocycles. The van der Waals surface area contributed by atoms with Crippen molar-refractivity contribution in [1.82, 2.24) is 0 Å². The van der Waals surface area contributed by atoms with Crippen LogP contribution >= 0.6 is 0 Å². The fourth-order valence-corrected chi connectivity index (χ4v) is 2.38. The number of rotatable bonds is 14. The lowest BCUT2D eigenvalue weighted by Gasteiger charge is -2.11. The van der Waals surface area contributed by atoms with Crippen molar-refractivity contribution in [3.63, 3.8) is 0 Å². The molecule has 4 N–H and O–H groups in total. The Morgan fingerprint density at radius 1 is 1.05 bits per heavy atom. The molecule has 0 unspecified atom stereocenters. The molecule has 0 bridgehead atoms. The molecule has 0 aromatic carbocycles. The average Bonchev–Trinajstić information content (AvgIpc) is 2.52. The predicted octanol–water partition coefficient (Wildman–Crippen LogP) is 4.09. The van der Waals surface area contributed by atoms with Crippen LogP contribution in [-0.4, -0.2) is 29.0 Å². The number of hydrogen-bond acceptors (Lipinski definition) is 3. The third kappa shape index (κ3) is 13.1. The van der Waals surface area contributed by atoms with Gasteiger partial charge in [-0.05, 0) is 32.6 Å². The first-order chi connectivity index (χ1) is 10.6. The van der Waals surface area contributed by atoms with Crippen LogP contribution in [0, 0.1) is 0 Å². The normalized spacial score (nSPS) is 15.4. The molecular weight excluding hydrogens is 274 g/mol. The van der Waals surface area contributed by atoms with Gasteiger partial charge in [0.05, 0.1) is 18.8 Å². The highest BCUT2D eigenvalue weighted by molar-refractivity contribution is 5.00. The molecule has 22 heavy (non-hydrogen) atoms. The maximum absolute atomic E-state index is 9.56. The largest absolute Gasteiger partial charge is 0.395 e. The quantitative estimate of drug-likeness (QED) is 0.334. The highest BCUT2D eigenvalue weighted by Crippen LogP contribution is 2.13. The van der Waals surface area contributed by atoms with Crippen LogP contribution < -0.4 is 5.73 Å². The van der Waals surface area contributed by atoms with Gasteiger partial charge in [-0.15, -0.1) is 0 Å². The number of nitrogens with two attached hydrogens (primary N) is 1. The van der Waals surface area contributed by atoms with Gasteiger partial charge < -0.3 is 15.9 Å². The molecule has 0 radical (unpaired) electrons. The van der Waals surface area contributed by atoms with Crippen LogP contribution in [0.15, 0.2) is 23.8 Å². The van der Waals surface area contributed by atoms with Crippen molar-refractivity contribution in [2.45, 2.75) is 90.2 Å². The molecule has 0 aromatic heterocycles. The van der Waals surface area contributed by atoms with Crippen molar-refractivity contribution in [3.8, 4) is 0 Å². The molecule has 0 heterocycles. The van der Waals surface area contributed by atoms with E-state index in [1.165, 1.54) is 56.9 Å². The van der Waals surface area contributed by atoms with Crippen LogP contribution in [0.2, 0.25) is 0 Å². The maximum Gasteiger partial charge on any atom is 0.0894 e.